The van der Waals surface area contributed by atoms with Crippen LogP contribution in [0.2, 0.25) is 0 Å². The third-order valence-corrected chi connectivity index (χ3v) is 4.52. The van der Waals surface area contributed by atoms with Gasteiger partial charge in [-0.15, -0.1) is 0 Å². The van der Waals surface area contributed by atoms with Gasteiger partial charge in [0.1, 0.15) is 0 Å². The number of ether oxygens (including phenoxy) is 1. The summed E-state index contributed by atoms with van der Waals surface area (Å²) in [4.78, 5) is 27.0. The predicted octanol–water partition coefficient (Wildman–Crippen LogP) is 0.570. The van der Waals surface area contributed by atoms with Crippen molar-refractivity contribution in [2.24, 2.45) is 0 Å². The maximum absolute atomic E-state index is 12.7. The van der Waals surface area contributed by atoms with Crippen LogP contribution in [0.5, 0.6) is 0 Å². The van der Waals surface area contributed by atoms with E-state index in [-0.39, 0.29) is 24.5 Å². The van der Waals surface area contributed by atoms with Crippen molar-refractivity contribution in [1.82, 2.24) is 9.80 Å². The Hall–Kier alpha value is -1.92. The van der Waals surface area contributed by atoms with Gasteiger partial charge in [0.15, 0.2) is 0 Å². The van der Waals surface area contributed by atoms with Crippen LogP contribution in [0.4, 0.5) is 0 Å². The summed E-state index contributed by atoms with van der Waals surface area (Å²) in [5.74, 6) is -0.720. The Labute approximate surface area is 135 Å². The Kier molecular flexibility index (Phi) is 4.63. The summed E-state index contributed by atoms with van der Waals surface area (Å²) in [6.45, 7) is 2.13. The van der Waals surface area contributed by atoms with E-state index in [2.05, 4.69) is 6.07 Å². The van der Waals surface area contributed by atoms with Crippen molar-refractivity contribution in [3.8, 4) is 0 Å². The number of amides is 1. The van der Waals surface area contributed by atoms with Gasteiger partial charge in [0, 0.05) is 19.6 Å². The van der Waals surface area contributed by atoms with Crippen LogP contribution in [0.25, 0.3) is 0 Å². The van der Waals surface area contributed by atoms with Crippen LogP contribution in [-0.2, 0) is 20.7 Å². The van der Waals surface area contributed by atoms with E-state index < -0.39 is 5.97 Å². The third kappa shape index (κ3) is 3.54. The average Bonchev–Trinajstić information content (AvgIpc) is 2.47. The van der Waals surface area contributed by atoms with Gasteiger partial charge in [-0.25, -0.2) is 0 Å². The average molecular weight is 318 g/mol. The van der Waals surface area contributed by atoms with Crippen LogP contribution in [0.3, 0.4) is 0 Å². The summed E-state index contributed by atoms with van der Waals surface area (Å²) in [5, 5.41) is 8.81. The van der Waals surface area contributed by atoms with E-state index in [4.69, 9.17) is 9.84 Å². The molecule has 1 aromatic carbocycles. The fraction of sp³-hybridized carbons (Fsp3) is 0.529. The number of likely N-dealkylation sites (N-methyl/N-ethyl adjacent to an activating group) is 1. The van der Waals surface area contributed by atoms with Crippen LogP contribution in [-0.4, -0.2) is 72.7 Å². The number of fused-ring (bicyclic) bond motifs is 1. The lowest BCUT2D eigenvalue weighted by Gasteiger charge is -2.39. The zero-order valence-corrected chi connectivity index (χ0v) is 13.3. The number of carboxylic acids is 1. The fourth-order valence-electron chi connectivity index (χ4n) is 3.37. The van der Waals surface area contributed by atoms with Crippen LogP contribution in [0, 0.1) is 0 Å². The number of aliphatic carboxylic acids is 1. The first kappa shape index (κ1) is 16.0. The van der Waals surface area contributed by atoms with Crippen molar-refractivity contribution in [3.63, 3.8) is 0 Å². The van der Waals surface area contributed by atoms with Crippen molar-refractivity contribution >= 4 is 11.9 Å². The molecule has 0 radical (unpaired) electrons. The van der Waals surface area contributed by atoms with E-state index in [1.807, 2.05) is 23.1 Å². The topological polar surface area (TPSA) is 70.1 Å². The Morgan fingerprint density at radius 3 is 2.91 bits per heavy atom. The molecule has 1 saturated heterocycles. The molecule has 6 heteroatoms. The van der Waals surface area contributed by atoms with E-state index in [9.17, 15) is 9.59 Å². The molecule has 1 aliphatic heterocycles. The Bertz CT molecular complexity index is 604. The minimum Gasteiger partial charge on any atom is -0.480 e. The molecular weight excluding hydrogens is 296 g/mol. The van der Waals surface area contributed by atoms with Crippen molar-refractivity contribution in [2.75, 3.05) is 39.8 Å². The molecule has 23 heavy (non-hydrogen) atoms. The van der Waals surface area contributed by atoms with Gasteiger partial charge >= 0.3 is 5.97 Å². The number of morpholine rings is 1. The Balaban J connectivity index is 1.57. The number of hydrogen-bond donors (Lipinski definition) is 1. The zero-order chi connectivity index (χ0) is 16.4. The van der Waals surface area contributed by atoms with Crippen LogP contribution >= 0.6 is 0 Å². The first-order chi connectivity index (χ1) is 11.0. The lowest BCUT2D eigenvalue weighted by atomic mass is 9.77. The van der Waals surface area contributed by atoms with Crippen molar-refractivity contribution in [1.29, 1.82) is 0 Å². The van der Waals surface area contributed by atoms with E-state index in [0.29, 0.717) is 26.2 Å². The summed E-state index contributed by atoms with van der Waals surface area (Å²) >= 11 is 0. The second-order valence-electron chi connectivity index (χ2n) is 6.32. The number of carbonyl (C=O) groups is 2. The number of rotatable bonds is 5. The Morgan fingerprint density at radius 1 is 1.39 bits per heavy atom. The molecular formula is C17H22N2O4. The minimum atomic E-state index is -0.859. The normalized spacial score (nSPS) is 23.3. The molecule has 1 aliphatic carbocycles. The third-order valence-electron chi connectivity index (χ3n) is 4.52. The first-order valence-electron chi connectivity index (χ1n) is 7.93. The van der Waals surface area contributed by atoms with Gasteiger partial charge in [0.2, 0.25) is 5.91 Å². The molecule has 0 bridgehead atoms. The van der Waals surface area contributed by atoms with Gasteiger partial charge in [0.05, 0.1) is 25.2 Å². The summed E-state index contributed by atoms with van der Waals surface area (Å²) in [7, 11) is 1.75. The second-order valence-corrected chi connectivity index (χ2v) is 6.32. The van der Waals surface area contributed by atoms with E-state index in [0.717, 1.165) is 12.0 Å². The Morgan fingerprint density at radius 2 is 2.17 bits per heavy atom. The molecule has 2 atom stereocenters. The second kappa shape index (κ2) is 6.68. The molecule has 124 valence electrons. The highest BCUT2D eigenvalue weighted by Gasteiger charge is 2.36. The van der Waals surface area contributed by atoms with Gasteiger partial charge in [-0.05, 0) is 24.6 Å². The molecule has 1 heterocycles. The smallest absolute Gasteiger partial charge is 0.317 e. The fourth-order valence-corrected chi connectivity index (χ4v) is 3.37. The molecule has 1 fully saturated rings. The standard InChI is InChI=1S/C17H22N2O4/c1-18(11-16(20)21)9-13-10-19(6-7-23-13)17(22)15-8-12-4-2-3-5-14(12)15/h2-5,13,15H,6-11H2,1H3,(H,20,21). The van der Waals surface area contributed by atoms with E-state index >= 15 is 0 Å². The zero-order valence-electron chi connectivity index (χ0n) is 13.3. The number of benzene rings is 1. The quantitative estimate of drug-likeness (QED) is 0.859. The monoisotopic (exact) mass is 318 g/mol. The lowest BCUT2D eigenvalue weighted by molar-refractivity contribution is -0.143. The maximum atomic E-state index is 12.7. The number of carbonyl (C=O) groups excluding carboxylic acids is 1. The first-order valence-corrected chi connectivity index (χ1v) is 7.93. The molecule has 2 unspecified atom stereocenters. The largest absolute Gasteiger partial charge is 0.480 e. The molecule has 1 amide bonds. The number of hydrogen-bond acceptors (Lipinski definition) is 4. The molecule has 0 saturated carbocycles. The molecule has 0 aromatic heterocycles. The molecule has 1 aromatic rings. The highest BCUT2D eigenvalue weighted by atomic mass is 16.5. The SMILES string of the molecule is CN(CC(=O)O)CC1CN(C(=O)C2Cc3ccccc32)CCO1. The number of carboxylic acid groups (broad SMARTS) is 1. The maximum Gasteiger partial charge on any atom is 0.317 e. The minimum absolute atomic E-state index is 0.0240. The van der Waals surface area contributed by atoms with Crippen molar-refractivity contribution in [3.05, 3.63) is 35.4 Å². The summed E-state index contributed by atoms with van der Waals surface area (Å²) in [5.41, 5.74) is 2.40. The van der Waals surface area contributed by atoms with Gasteiger partial charge in [-0.1, -0.05) is 24.3 Å². The summed E-state index contributed by atoms with van der Waals surface area (Å²) in [6.07, 6.45) is 0.683. The van der Waals surface area contributed by atoms with Crippen LogP contribution < -0.4 is 0 Å². The van der Waals surface area contributed by atoms with Crippen LogP contribution in [0.15, 0.2) is 24.3 Å². The van der Waals surface area contributed by atoms with Crippen molar-refractivity contribution in [2.45, 2.75) is 18.4 Å². The molecule has 2 aliphatic rings. The molecule has 6 nitrogen and oxygen atoms in total. The van der Waals surface area contributed by atoms with Crippen molar-refractivity contribution < 1.29 is 19.4 Å². The summed E-state index contributed by atoms with van der Waals surface area (Å²) < 4.78 is 5.68. The van der Waals surface area contributed by atoms with Gasteiger partial charge in [0.25, 0.3) is 0 Å². The lowest BCUT2D eigenvalue weighted by Crippen LogP contribution is -2.51. The number of nitrogens with zero attached hydrogens (tertiary/aromatic N) is 2. The highest BCUT2D eigenvalue weighted by molar-refractivity contribution is 5.87. The van der Waals surface area contributed by atoms with E-state index in [1.165, 1.54) is 5.56 Å². The summed E-state index contributed by atoms with van der Waals surface area (Å²) in [6, 6.07) is 8.08. The van der Waals surface area contributed by atoms with Gasteiger partial charge in [-0.3, -0.25) is 14.5 Å². The molecule has 3 rings (SSSR count). The highest BCUT2D eigenvalue weighted by Crippen LogP contribution is 2.36. The van der Waals surface area contributed by atoms with Crippen LogP contribution in [0.1, 0.15) is 17.0 Å². The predicted molar refractivity (Wildman–Crippen MR) is 84.3 cm³/mol. The van der Waals surface area contributed by atoms with E-state index in [1.54, 1.807) is 11.9 Å². The van der Waals surface area contributed by atoms with Gasteiger partial charge < -0.3 is 14.7 Å². The van der Waals surface area contributed by atoms with Gasteiger partial charge in [-0.2, -0.15) is 0 Å². The molecule has 0 spiro atoms. The molecule has 1 N–H and O–H groups in total.